The SMILES string of the molecule is BNC(C)CC(C)c1ccccc1. The first-order valence-corrected chi connectivity index (χ1v) is 4.96. The van der Waals surface area contributed by atoms with Crippen LogP contribution in [0, 0.1) is 0 Å². The zero-order valence-electron chi connectivity index (χ0n) is 8.75. The van der Waals surface area contributed by atoms with Crippen molar-refractivity contribution in [3.63, 3.8) is 0 Å². The molecule has 2 atom stereocenters. The number of hydrogen-bond acceptors (Lipinski definition) is 1. The van der Waals surface area contributed by atoms with Crippen LogP contribution in [0.1, 0.15) is 31.7 Å². The van der Waals surface area contributed by atoms with Gasteiger partial charge < -0.3 is 5.23 Å². The van der Waals surface area contributed by atoms with Crippen LogP contribution < -0.4 is 5.23 Å². The van der Waals surface area contributed by atoms with Gasteiger partial charge in [-0.15, -0.1) is 0 Å². The summed E-state index contributed by atoms with van der Waals surface area (Å²) in [6, 6.07) is 11.3. The minimum atomic E-state index is 0.593. The highest BCUT2D eigenvalue weighted by Crippen LogP contribution is 2.19. The lowest BCUT2D eigenvalue weighted by Crippen LogP contribution is -2.24. The molecule has 0 aliphatic carbocycles. The van der Waals surface area contributed by atoms with E-state index in [2.05, 4.69) is 49.4 Å². The molecule has 0 bridgehead atoms. The van der Waals surface area contributed by atoms with Gasteiger partial charge >= 0.3 is 0 Å². The first kappa shape index (κ1) is 10.3. The van der Waals surface area contributed by atoms with E-state index in [1.165, 1.54) is 12.0 Å². The lowest BCUT2D eigenvalue weighted by molar-refractivity contribution is 0.556. The van der Waals surface area contributed by atoms with Crippen LogP contribution in [0.15, 0.2) is 30.3 Å². The maximum Gasteiger partial charge on any atom is 0.182 e. The second-order valence-corrected chi connectivity index (χ2v) is 3.74. The Morgan fingerprint density at radius 1 is 1.23 bits per heavy atom. The van der Waals surface area contributed by atoms with Crippen LogP contribution in [-0.4, -0.2) is 14.0 Å². The predicted octanol–water partition coefficient (Wildman–Crippen LogP) is 1.71. The van der Waals surface area contributed by atoms with Crippen LogP contribution in [0.25, 0.3) is 0 Å². The van der Waals surface area contributed by atoms with Gasteiger partial charge in [-0.05, 0) is 23.9 Å². The molecule has 0 aromatic heterocycles. The quantitative estimate of drug-likeness (QED) is 0.687. The van der Waals surface area contributed by atoms with Crippen molar-refractivity contribution in [1.82, 2.24) is 5.23 Å². The molecule has 0 heterocycles. The van der Waals surface area contributed by atoms with Crippen molar-refractivity contribution >= 4 is 7.98 Å². The Hall–Kier alpha value is -0.755. The second-order valence-electron chi connectivity index (χ2n) is 3.74. The van der Waals surface area contributed by atoms with Gasteiger partial charge in [0.15, 0.2) is 7.98 Å². The van der Waals surface area contributed by atoms with Crippen LogP contribution in [0.5, 0.6) is 0 Å². The van der Waals surface area contributed by atoms with Crippen molar-refractivity contribution in [3.8, 4) is 0 Å². The summed E-state index contributed by atoms with van der Waals surface area (Å²) in [7, 11) is 2.02. The average molecular weight is 175 g/mol. The van der Waals surface area contributed by atoms with E-state index in [4.69, 9.17) is 0 Å². The fraction of sp³-hybridized carbons (Fsp3) is 0.455. The van der Waals surface area contributed by atoms with E-state index in [9.17, 15) is 0 Å². The molecule has 0 amide bonds. The summed E-state index contributed by atoms with van der Waals surface area (Å²) in [5.41, 5.74) is 1.43. The van der Waals surface area contributed by atoms with Gasteiger partial charge in [0.1, 0.15) is 0 Å². The third-order valence-electron chi connectivity index (χ3n) is 2.57. The Bertz CT molecular complexity index is 235. The van der Waals surface area contributed by atoms with Gasteiger partial charge in [-0.3, -0.25) is 0 Å². The zero-order chi connectivity index (χ0) is 9.68. The summed E-state index contributed by atoms with van der Waals surface area (Å²) >= 11 is 0. The van der Waals surface area contributed by atoms with E-state index in [0.717, 1.165) is 0 Å². The fourth-order valence-electron chi connectivity index (χ4n) is 1.57. The molecule has 1 nitrogen and oxygen atoms in total. The molecule has 0 aliphatic rings. The van der Waals surface area contributed by atoms with E-state index in [-0.39, 0.29) is 0 Å². The van der Waals surface area contributed by atoms with Crippen molar-refractivity contribution in [2.24, 2.45) is 0 Å². The topological polar surface area (TPSA) is 12.0 Å². The van der Waals surface area contributed by atoms with Crippen LogP contribution >= 0.6 is 0 Å². The van der Waals surface area contributed by atoms with Crippen molar-refractivity contribution < 1.29 is 0 Å². The normalized spacial score (nSPS) is 15.2. The molecule has 70 valence electrons. The standard InChI is InChI=1S/C11H18BN/c1-9(8-10(2)13-12)11-6-4-3-5-7-11/h3-7,9-10,13H,8,12H2,1-2H3. The summed E-state index contributed by atoms with van der Waals surface area (Å²) in [6.07, 6.45) is 1.19. The van der Waals surface area contributed by atoms with Gasteiger partial charge in [-0.1, -0.05) is 44.2 Å². The molecule has 2 heteroatoms. The third kappa shape index (κ3) is 3.23. The third-order valence-corrected chi connectivity index (χ3v) is 2.57. The minimum absolute atomic E-state index is 0.593. The maximum absolute atomic E-state index is 3.27. The first-order chi connectivity index (χ1) is 6.24. The summed E-state index contributed by atoms with van der Waals surface area (Å²) in [5, 5.41) is 3.27. The summed E-state index contributed by atoms with van der Waals surface area (Å²) < 4.78 is 0. The largest absolute Gasteiger partial charge is 0.360 e. The molecule has 1 N–H and O–H groups in total. The number of hydrogen-bond donors (Lipinski definition) is 1. The number of benzene rings is 1. The average Bonchev–Trinajstić information content (AvgIpc) is 2.19. The molecule has 0 fully saturated rings. The van der Waals surface area contributed by atoms with Crippen molar-refractivity contribution in [2.75, 3.05) is 0 Å². The Morgan fingerprint density at radius 3 is 2.38 bits per heavy atom. The molecule has 0 radical (unpaired) electrons. The van der Waals surface area contributed by atoms with Crippen LogP contribution in [0.2, 0.25) is 0 Å². The molecule has 1 aromatic carbocycles. The lowest BCUT2D eigenvalue weighted by Gasteiger charge is -2.16. The molecule has 1 rings (SSSR count). The van der Waals surface area contributed by atoms with E-state index in [1.807, 2.05) is 7.98 Å². The van der Waals surface area contributed by atoms with Gasteiger partial charge in [0.05, 0.1) is 0 Å². The second kappa shape index (κ2) is 5.08. The van der Waals surface area contributed by atoms with Gasteiger partial charge in [0, 0.05) is 0 Å². The summed E-state index contributed by atoms with van der Waals surface area (Å²) in [6.45, 7) is 4.50. The predicted molar refractivity (Wildman–Crippen MR) is 60.6 cm³/mol. The molecule has 0 aliphatic heterocycles. The van der Waals surface area contributed by atoms with Crippen molar-refractivity contribution in [3.05, 3.63) is 35.9 Å². The Morgan fingerprint density at radius 2 is 1.85 bits per heavy atom. The number of nitrogens with one attached hydrogen (secondary N) is 1. The maximum atomic E-state index is 3.27. The van der Waals surface area contributed by atoms with Crippen molar-refractivity contribution in [2.45, 2.75) is 32.2 Å². The first-order valence-electron chi connectivity index (χ1n) is 4.96. The Balaban J connectivity index is 2.53. The highest BCUT2D eigenvalue weighted by atomic mass is 14.8. The summed E-state index contributed by atoms with van der Waals surface area (Å²) in [5.74, 6) is 0.642. The number of rotatable bonds is 4. The van der Waals surface area contributed by atoms with E-state index < -0.39 is 0 Å². The summed E-state index contributed by atoms with van der Waals surface area (Å²) in [4.78, 5) is 0. The smallest absolute Gasteiger partial charge is 0.182 e. The molecule has 2 unspecified atom stereocenters. The van der Waals surface area contributed by atoms with Crippen molar-refractivity contribution in [1.29, 1.82) is 0 Å². The monoisotopic (exact) mass is 175 g/mol. The molecule has 13 heavy (non-hydrogen) atoms. The van der Waals surface area contributed by atoms with Crippen LogP contribution in [-0.2, 0) is 0 Å². The van der Waals surface area contributed by atoms with Gasteiger partial charge in [0.25, 0.3) is 0 Å². The van der Waals surface area contributed by atoms with E-state index in [0.29, 0.717) is 12.0 Å². The van der Waals surface area contributed by atoms with E-state index in [1.54, 1.807) is 0 Å². The fourth-order valence-corrected chi connectivity index (χ4v) is 1.57. The minimum Gasteiger partial charge on any atom is -0.360 e. The Labute approximate surface area is 82.0 Å². The highest BCUT2D eigenvalue weighted by Gasteiger charge is 2.07. The van der Waals surface area contributed by atoms with Gasteiger partial charge in [-0.25, -0.2) is 0 Å². The zero-order valence-corrected chi connectivity index (χ0v) is 8.75. The molecular weight excluding hydrogens is 157 g/mol. The molecule has 1 aromatic rings. The molecule has 0 saturated carbocycles. The van der Waals surface area contributed by atoms with Crippen LogP contribution in [0.4, 0.5) is 0 Å². The van der Waals surface area contributed by atoms with Crippen LogP contribution in [0.3, 0.4) is 0 Å². The van der Waals surface area contributed by atoms with Gasteiger partial charge in [0.2, 0.25) is 0 Å². The highest BCUT2D eigenvalue weighted by molar-refractivity contribution is 6.04. The Kier molecular flexibility index (Phi) is 4.03. The molecular formula is C11H18BN. The molecule has 0 spiro atoms. The molecule has 0 saturated heterocycles. The van der Waals surface area contributed by atoms with Gasteiger partial charge in [-0.2, -0.15) is 0 Å². The van der Waals surface area contributed by atoms with E-state index >= 15 is 0 Å². The lowest BCUT2D eigenvalue weighted by atomic mass is 9.94.